The second kappa shape index (κ2) is 9.79. The fraction of sp³-hybridized carbons (Fsp3) is 0.231. The first kappa shape index (κ1) is 23.5. The van der Waals surface area contributed by atoms with E-state index in [0.29, 0.717) is 33.8 Å². The molecule has 2 aromatic carbocycles. The first-order valence-electron chi connectivity index (χ1n) is 11.3. The number of carboxylic acid groups (broad SMARTS) is 1. The van der Waals surface area contributed by atoms with Crippen LogP contribution in [0.2, 0.25) is 5.02 Å². The molecule has 9 heteroatoms. The maximum atomic E-state index is 13.4. The van der Waals surface area contributed by atoms with Crippen LogP contribution in [-0.2, 0) is 0 Å². The van der Waals surface area contributed by atoms with Crippen LogP contribution in [0.3, 0.4) is 0 Å². The van der Waals surface area contributed by atoms with E-state index in [1.165, 1.54) is 29.4 Å². The Kier molecular flexibility index (Phi) is 6.58. The molecule has 178 valence electrons. The second-order valence-electron chi connectivity index (χ2n) is 8.53. The molecule has 0 unspecified atom stereocenters. The van der Waals surface area contributed by atoms with Crippen LogP contribution in [0.1, 0.15) is 60.0 Å². The van der Waals surface area contributed by atoms with Crippen LogP contribution < -0.4 is 5.56 Å². The third kappa shape index (κ3) is 4.81. The number of halogens is 2. The molecule has 0 radical (unpaired) electrons. The van der Waals surface area contributed by atoms with E-state index >= 15 is 0 Å². The zero-order valence-corrected chi connectivity index (χ0v) is 20.9. The number of hydrogen-bond donors (Lipinski definition) is 1. The Bertz CT molecular complexity index is 1520. The molecule has 35 heavy (non-hydrogen) atoms. The van der Waals surface area contributed by atoms with Gasteiger partial charge in [-0.3, -0.25) is 4.79 Å². The van der Waals surface area contributed by atoms with Crippen LogP contribution in [0, 0.1) is 0 Å². The molecule has 0 bridgehead atoms. The molecule has 4 aromatic rings. The minimum atomic E-state index is -1.12. The molecule has 2 aromatic heterocycles. The van der Waals surface area contributed by atoms with Gasteiger partial charge in [-0.05, 0) is 61.4 Å². The van der Waals surface area contributed by atoms with Crippen molar-refractivity contribution in [2.45, 2.75) is 38.0 Å². The van der Waals surface area contributed by atoms with Gasteiger partial charge in [-0.1, -0.05) is 46.8 Å². The van der Waals surface area contributed by atoms with E-state index in [-0.39, 0.29) is 22.1 Å². The highest BCUT2D eigenvalue weighted by Crippen LogP contribution is 2.32. The Morgan fingerprint density at radius 1 is 1.14 bits per heavy atom. The number of carboxylic acids is 1. The zero-order valence-electron chi connectivity index (χ0n) is 18.6. The van der Waals surface area contributed by atoms with E-state index in [4.69, 9.17) is 21.0 Å². The summed E-state index contributed by atoms with van der Waals surface area (Å²) in [4.78, 5) is 29.6. The van der Waals surface area contributed by atoms with Crippen molar-refractivity contribution >= 4 is 50.6 Å². The Labute approximate surface area is 214 Å². The number of carbonyl (C=O) groups is 1. The summed E-state index contributed by atoms with van der Waals surface area (Å²) >= 11 is 9.40. The molecule has 0 saturated heterocycles. The maximum absolute atomic E-state index is 13.4. The fourth-order valence-electron chi connectivity index (χ4n) is 4.44. The van der Waals surface area contributed by atoms with Crippen molar-refractivity contribution in [3.8, 4) is 11.3 Å². The molecule has 1 N–H and O–H groups in total. The van der Waals surface area contributed by atoms with E-state index in [9.17, 15) is 14.7 Å². The van der Waals surface area contributed by atoms with Crippen molar-refractivity contribution in [2.75, 3.05) is 0 Å². The molecule has 1 aliphatic carbocycles. The van der Waals surface area contributed by atoms with Gasteiger partial charge in [-0.25, -0.2) is 9.78 Å². The number of furan rings is 1. The number of aromatic nitrogens is 2. The molecule has 7 nitrogen and oxygen atoms in total. The molecule has 0 spiro atoms. The van der Waals surface area contributed by atoms with E-state index < -0.39 is 5.97 Å². The van der Waals surface area contributed by atoms with Crippen LogP contribution in [0.5, 0.6) is 0 Å². The Morgan fingerprint density at radius 3 is 2.71 bits per heavy atom. The number of fused-ring (bicyclic) bond motifs is 1. The summed E-state index contributed by atoms with van der Waals surface area (Å²) in [6.07, 6.45) is 6.81. The molecular weight excluding hydrogens is 534 g/mol. The van der Waals surface area contributed by atoms with Crippen molar-refractivity contribution in [1.29, 1.82) is 0 Å². The van der Waals surface area contributed by atoms with Crippen molar-refractivity contribution in [3.05, 3.63) is 85.5 Å². The molecule has 1 fully saturated rings. The summed E-state index contributed by atoms with van der Waals surface area (Å²) in [6.45, 7) is 0. The van der Waals surface area contributed by atoms with Gasteiger partial charge in [0.2, 0.25) is 0 Å². The molecule has 0 aliphatic heterocycles. The van der Waals surface area contributed by atoms with Crippen LogP contribution in [0.4, 0.5) is 0 Å². The van der Waals surface area contributed by atoms with Crippen LogP contribution in [-0.4, -0.2) is 27.0 Å². The molecule has 0 atom stereocenters. The fourth-order valence-corrected chi connectivity index (χ4v) is 5.00. The van der Waals surface area contributed by atoms with Gasteiger partial charge >= 0.3 is 5.97 Å². The van der Waals surface area contributed by atoms with Gasteiger partial charge in [0.05, 0.1) is 27.7 Å². The summed E-state index contributed by atoms with van der Waals surface area (Å²) in [7, 11) is 0. The third-order valence-corrected chi connectivity index (χ3v) is 7.04. The standard InChI is InChI=1S/C26H21BrClN3O4/c27-17-7-10-22-20(13-17)25(32)31(24(30-22)15-4-2-1-3-5-15)29-14-18-8-11-23(35-18)16-6-9-21(28)19(12-16)26(33)34/h6-15H,1-5H2,(H,33,34). The molecule has 2 heterocycles. The number of nitrogens with zero attached hydrogens (tertiary/aromatic N) is 3. The molecule has 0 amide bonds. The van der Waals surface area contributed by atoms with Crippen molar-refractivity contribution < 1.29 is 14.3 Å². The largest absolute Gasteiger partial charge is 0.478 e. The SMILES string of the molecule is O=C(O)c1cc(-c2ccc(C=Nn3c(C4CCCCC4)nc4ccc(Br)cc4c3=O)o2)ccc1Cl. The van der Waals surface area contributed by atoms with Gasteiger partial charge in [0.15, 0.2) is 0 Å². The number of rotatable bonds is 5. The summed E-state index contributed by atoms with van der Waals surface area (Å²) < 4.78 is 8.05. The first-order chi connectivity index (χ1) is 16.9. The zero-order chi connectivity index (χ0) is 24.5. The maximum Gasteiger partial charge on any atom is 0.337 e. The van der Waals surface area contributed by atoms with Gasteiger partial charge in [-0.2, -0.15) is 9.78 Å². The molecule has 1 aliphatic rings. The highest BCUT2D eigenvalue weighted by Gasteiger charge is 2.22. The Morgan fingerprint density at radius 2 is 1.94 bits per heavy atom. The van der Waals surface area contributed by atoms with Crippen LogP contribution in [0.25, 0.3) is 22.2 Å². The average molecular weight is 555 g/mol. The quantitative estimate of drug-likeness (QED) is 0.277. The summed E-state index contributed by atoms with van der Waals surface area (Å²) in [5.74, 6) is 0.595. The average Bonchev–Trinajstić information content (AvgIpc) is 3.33. The molecule has 5 rings (SSSR count). The summed E-state index contributed by atoms with van der Waals surface area (Å²) in [5.41, 5.74) is 0.989. The van der Waals surface area contributed by atoms with Gasteiger partial charge in [-0.15, -0.1) is 0 Å². The van der Waals surface area contributed by atoms with E-state index in [2.05, 4.69) is 21.0 Å². The predicted octanol–water partition coefficient (Wildman–Crippen LogP) is 6.70. The Balaban J connectivity index is 1.54. The second-order valence-corrected chi connectivity index (χ2v) is 9.85. The lowest BCUT2D eigenvalue weighted by atomic mass is 9.88. The van der Waals surface area contributed by atoms with E-state index in [0.717, 1.165) is 30.2 Å². The van der Waals surface area contributed by atoms with Gasteiger partial charge in [0, 0.05) is 16.0 Å². The lowest BCUT2D eigenvalue weighted by Gasteiger charge is -2.22. The highest BCUT2D eigenvalue weighted by molar-refractivity contribution is 9.10. The van der Waals surface area contributed by atoms with Crippen molar-refractivity contribution in [2.24, 2.45) is 5.10 Å². The molecule has 1 saturated carbocycles. The normalized spacial score (nSPS) is 14.7. The first-order valence-corrected chi connectivity index (χ1v) is 12.5. The van der Waals surface area contributed by atoms with Gasteiger partial charge < -0.3 is 9.52 Å². The third-order valence-electron chi connectivity index (χ3n) is 6.21. The summed E-state index contributed by atoms with van der Waals surface area (Å²) in [6, 6.07) is 13.6. The van der Waals surface area contributed by atoms with Crippen LogP contribution in [0.15, 0.2) is 67.3 Å². The van der Waals surface area contributed by atoms with Crippen LogP contribution >= 0.6 is 27.5 Å². The molecular formula is C26H21BrClN3O4. The minimum Gasteiger partial charge on any atom is -0.478 e. The predicted molar refractivity (Wildman–Crippen MR) is 139 cm³/mol. The summed E-state index contributed by atoms with van der Waals surface area (Å²) in [5, 5.41) is 14.5. The van der Waals surface area contributed by atoms with Crippen molar-refractivity contribution in [1.82, 2.24) is 9.66 Å². The van der Waals surface area contributed by atoms with E-state index in [1.807, 2.05) is 12.1 Å². The smallest absolute Gasteiger partial charge is 0.337 e. The Hall–Kier alpha value is -3.23. The van der Waals surface area contributed by atoms with Gasteiger partial charge in [0.25, 0.3) is 5.56 Å². The monoisotopic (exact) mass is 553 g/mol. The topological polar surface area (TPSA) is 97.7 Å². The lowest BCUT2D eigenvalue weighted by molar-refractivity contribution is 0.0697. The highest BCUT2D eigenvalue weighted by atomic mass is 79.9. The van der Waals surface area contributed by atoms with E-state index in [1.54, 1.807) is 24.3 Å². The number of hydrogen-bond acceptors (Lipinski definition) is 5. The van der Waals surface area contributed by atoms with Crippen molar-refractivity contribution in [3.63, 3.8) is 0 Å². The number of benzene rings is 2. The minimum absolute atomic E-state index is 0.00661. The van der Waals surface area contributed by atoms with Gasteiger partial charge in [0.1, 0.15) is 17.3 Å². The lowest BCUT2D eigenvalue weighted by Crippen LogP contribution is -2.25. The number of aromatic carboxylic acids is 1.